The highest BCUT2D eigenvalue weighted by atomic mass is 15.1. The number of benzene rings is 1. The number of hydrogen-bond donors (Lipinski definition) is 0. The van der Waals surface area contributed by atoms with Gasteiger partial charge in [0.15, 0.2) is 0 Å². The maximum absolute atomic E-state index is 4.69. The van der Waals surface area contributed by atoms with Crippen LogP contribution in [0.2, 0.25) is 0 Å². The molecule has 104 valence electrons. The highest BCUT2D eigenvalue weighted by Gasteiger charge is 2.21. The molecule has 2 heteroatoms. The van der Waals surface area contributed by atoms with Crippen molar-refractivity contribution >= 4 is 0 Å². The van der Waals surface area contributed by atoms with Gasteiger partial charge in [0.1, 0.15) is 0 Å². The Kier molecular flexibility index (Phi) is 4.12. The predicted molar refractivity (Wildman–Crippen MR) is 82.7 cm³/mol. The SMILES string of the molecule is Cc1cccc(C2CCN(Cc3ccccc3)CC2)n1. The van der Waals surface area contributed by atoms with E-state index in [1.807, 2.05) is 0 Å². The van der Waals surface area contributed by atoms with Crippen LogP contribution < -0.4 is 0 Å². The fraction of sp³-hybridized carbons (Fsp3) is 0.389. The van der Waals surface area contributed by atoms with E-state index in [1.54, 1.807) is 0 Å². The van der Waals surface area contributed by atoms with Crippen molar-refractivity contribution in [2.24, 2.45) is 0 Å². The summed E-state index contributed by atoms with van der Waals surface area (Å²) in [5, 5.41) is 0. The molecule has 1 aromatic heterocycles. The Labute approximate surface area is 121 Å². The van der Waals surface area contributed by atoms with Gasteiger partial charge in [-0.25, -0.2) is 0 Å². The Morgan fingerprint density at radius 1 is 1.00 bits per heavy atom. The van der Waals surface area contributed by atoms with Gasteiger partial charge in [-0.05, 0) is 50.6 Å². The first-order valence-electron chi connectivity index (χ1n) is 7.51. The molecule has 0 spiro atoms. The van der Waals surface area contributed by atoms with Crippen LogP contribution in [0.3, 0.4) is 0 Å². The van der Waals surface area contributed by atoms with Gasteiger partial charge in [0.2, 0.25) is 0 Å². The van der Waals surface area contributed by atoms with E-state index < -0.39 is 0 Å². The monoisotopic (exact) mass is 266 g/mol. The van der Waals surface area contributed by atoms with Crippen molar-refractivity contribution in [3.05, 3.63) is 65.5 Å². The molecule has 1 saturated heterocycles. The molecule has 0 N–H and O–H groups in total. The quantitative estimate of drug-likeness (QED) is 0.840. The molecule has 1 aliphatic rings. The van der Waals surface area contributed by atoms with E-state index >= 15 is 0 Å². The molecule has 2 nitrogen and oxygen atoms in total. The molecule has 0 atom stereocenters. The van der Waals surface area contributed by atoms with Crippen molar-refractivity contribution in [2.75, 3.05) is 13.1 Å². The van der Waals surface area contributed by atoms with Gasteiger partial charge in [-0.15, -0.1) is 0 Å². The summed E-state index contributed by atoms with van der Waals surface area (Å²) in [5.41, 5.74) is 3.83. The topological polar surface area (TPSA) is 16.1 Å². The fourth-order valence-electron chi connectivity index (χ4n) is 3.02. The Balaban J connectivity index is 1.57. The van der Waals surface area contributed by atoms with Crippen LogP contribution in [0.15, 0.2) is 48.5 Å². The van der Waals surface area contributed by atoms with Crippen LogP contribution in [0.4, 0.5) is 0 Å². The molecule has 2 aromatic rings. The molecule has 0 aliphatic carbocycles. The third kappa shape index (κ3) is 3.26. The first kappa shape index (κ1) is 13.3. The first-order valence-corrected chi connectivity index (χ1v) is 7.51. The van der Waals surface area contributed by atoms with E-state index in [0.717, 1.165) is 12.2 Å². The molecule has 3 rings (SSSR count). The molecule has 0 unspecified atom stereocenters. The summed E-state index contributed by atoms with van der Waals surface area (Å²) >= 11 is 0. The Hall–Kier alpha value is -1.67. The zero-order chi connectivity index (χ0) is 13.8. The van der Waals surface area contributed by atoms with Gasteiger partial charge >= 0.3 is 0 Å². The number of rotatable bonds is 3. The Bertz CT molecular complexity index is 542. The number of aryl methyl sites for hydroxylation is 1. The molecular weight excluding hydrogens is 244 g/mol. The normalized spacial score (nSPS) is 17.2. The van der Waals surface area contributed by atoms with Crippen molar-refractivity contribution in [1.82, 2.24) is 9.88 Å². The van der Waals surface area contributed by atoms with Crippen molar-refractivity contribution in [1.29, 1.82) is 0 Å². The zero-order valence-electron chi connectivity index (χ0n) is 12.1. The summed E-state index contributed by atoms with van der Waals surface area (Å²) in [6, 6.07) is 17.2. The van der Waals surface area contributed by atoms with Gasteiger partial charge in [0.05, 0.1) is 0 Å². The van der Waals surface area contributed by atoms with Gasteiger partial charge in [0, 0.05) is 23.9 Å². The summed E-state index contributed by atoms with van der Waals surface area (Å²) < 4.78 is 0. The van der Waals surface area contributed by atoms with E-state index in [-0.39, 0.29) is 0 Å². The molecule has 1 aliphatic heterocycles. The lowest BCUT2D eigenvalue weighted by Gasteiger charge is -2.31. The summed E-state index contributed by atoms with van der Waals surface area (Å²) in [7, 11) is 0. The number of aromatic nitrogens is 1. The van der Waals surface area contributed by atoms with Crippen LogP contribution >= 0.6 is 0 Å². The van der Waals surface area contributed by atoms with E-state index in [1.165, 1.54) is 37.2 Å². The molecule has 20 heavy (non-hydrogen) atoms. The van der Waals surface area contributed by atoms with Gasteiger partial charge in [-0.1, -0.05) is 36.4 Å². The summed E-state index contributed by atoms with van der Waals surface area (Å²) in [6.45, 7) is 5.51. The number of pyridine rings is 1. The second-order valence-electron chi connectivity index (χ2n) is 5.74. The molecule has 2 heterocycles. The summed E-state index contributed by atoms with van der Waals surface area (Å²) in [6.07, 6.45) is 2.45. The molecule has 0 bridgehead atoms. The Morgan fingerprint density at radius 2 is 1.75 bits per heavy atom. The number of piperidine rings is 1. The number of hydrogen-bond acceptors (Lipinski definition) is 2. The third-order valence-electron chi connectivity index (χ3n) is 4.16. The van der Waals surface area contributed by atoms with Crippen molar-refractivity contribution in [2.45, 2.75) is 32.2 Å². The van der Waals surface area contributed by atoms with E-state index in [0.29, 0.717) is 5.92 Å². The second kappa shape index (κ2) is 6.19. The minimum atomic E-state index is 0.641. The largest absolute Gasteiger partial charge is 0.299 e. The molecular formula is C18H22N2. The minimum absolute atomic E-state index is 0.641. The van der Waals surface area contributed by atoms with E-state index in [2.05, 4.69) is 65.3 Å². The standard InChI is InChI=1S/C18H22N2/c1-15-6-5-9-18(19-15)17-10-12-20(13-11-17)14-16-7-3-2-4-8-16/h2-9,17H,10-14H2,1H3. The van der Waals surface area contributed by atoms with Crippen LogP contribution in [0.1, 0.15) is 35.7 Å². The van der Waals surface area contributed by atoms with Gasteiger partial charge < -0.3 is 0 Å². The molecule has 0 saturated carbocycles. The van der Waals surface area contributed by atoms with Gasteiger partial charge in [-0.3, -0.25) is 9.88 Å². The lowest BCUT2D eigenvalue weighted by Crippen LogP contribution is -2.32. The van der Waals surface area contributed by atoms with Crippen molar-refractivity contribution in [3.8, 4) is 0 Å². The zero-order valence-corrected chi connectivity index (χ0v) is 12.1. The highest BCUT2D eigenvalue weighted by molar-refractivity contribution is 5.16. The van der Waals surface area contributed by atoms with E-state index in [4.69, 9.17) is 0 Å². The minimum Gasteiger partial charge on any atom is -0.299 e. The fourth-order valence-corrected chi connectivity index (χ4v) is 3.02. The average molecular weight is 266 g/mol. The van der Waals surface area contributed by atoms with Crippen LogP contribution in [-0.4, -0.2) is 23.0 Å². The average Bonchev–Trinajstić information content (AvgIpc) is 2.49. The summed E-state index contributed by atoms with van der Waals surface area (Å²) in [4.78, 5) is 7.24. The predicted octanol–water partition coefficient (Wildman–Crippen LogP) is 3.77. The second-order valence-corrected chi connectivity index (χ2v) is 5.74. The van der Waals surface area contributed by atoms with Gasteiger partial charge in [-0.2, -0.15) is 0 Å². The molecule has 0 amide bonds. The van der Waals surface area contributed by atoms with Crippen molar-refractivity contribution in [3.63, 3.8) is 0 Å². The molecule has 1 fully saturated rings. The first-order chi connectivity index (χ1) is 9.81. The lowest BCUT2D eigenvalue weighted by molar-refractivity contribution is 0.203. The summed E-state index contributed by atoms with van der Waals surface area (Å²) in [5.74, 6) is 0.641. The van der Waals surface area contributed by atoms with Crippen LogP contribution in [0.5, 0.6) is 0 Å². The molecule has 0 radical (unpaired) electrons. The molecule has 1 aromatic carbocycles. The maximum Gasteiger partial charge on any atom is 0.0438 e. The third-order valence-corrected chi connectivity index (χ3v) is 4.16. The van der Waals surface area contributed by atoms with Crippen LogP contribution in [0.25, 0.3) is 0 Å². The number of likely N-dealkylation sites (tertiary alicyclic amines) is 1. The number of nitrogens with zero attached hydrogens (tertiary/aromatic N) is 2. The van der Waals surface area contributed by atoms with Gasteiger partial charge in [0.25, 0.3) is 0 Å². The van der Waals surface area contributed by atoms with Crippen LogP contribution in [0, 0.1) is 6.92 Å². The lowest BCUT2D eigenvalue weighted by atomic mass is 9.92. The van der Waals surface area contributed by atoms with Crippen molar-refractivity contribution < 1.29 is 0 Å². The Morgan fingerprint density at radius 3 is 2.45 bits per heavy atom. The van der Waals surface area contributed by atoms with Crippen LogP contribution in [-0.2, 0) is 6.54 Å². The highest BCUT2D eigenvalue weighted by Crippen LogP contribution is 2.27. The smallest absolute Gasteiger partial charge is 0.0438 e. The van der Waals surface area contributed by atoms with E-state index in [9.17, 15) is 0 Å². The maximum atomic E-state index is 4.69.